The summed E-state index contributed by atoms with van der Waals surface area (Å²) in [5, 5.41) is 0. The summed E-state index contributed by atoms with van der Waals surface area (Å²) in [4.78, 5) is 8.71. The van der Waals surface area contributed by atoms with Crippen LogP contribution in [0.1, 0.15) is 19.2 Å². The van der Waals surface area contributed by atoms with Crippen molar-refractivity contribution in [1.82, 2.24) is 14.9 Å². The molecule has 5 heteroatoms. The van der Waals surface area contributed by atoms with Crippen LogP contribution in [0.4, 0.5) is 8.78 Å². The minimum absolute atomic E-state index is 0.158. The Balaban J connectivity index is 1.95. The number of aromatic amines is 1. The molecule has 1 aromatic rings. The van der Waals surface area contributed by atoms with Gasteiger partial charge in [-0.05, 0) is 13.0 Å². The van der Waals surface area contributed by atoms with Crippen LogP contribution < -0.4 is 0 Å². The number of nitrogens with zero attached hydrogens (tertiary/aromatic N) is 2. The molecule has 15 heavy (non-hydrogen) atoms. The van der Waals surface area contributed by atoms with Crippen LogP contribution in [0.2, 0.25) is 0 Å². The number of halogens is 2. The first kappa shape index (κ1) is 10.5. The van der Waals surface area contributed by atoms with E-state index < -0.39 is 11.8 Å². The Labute approximate surface area is 87.5 Å². The van der Waals surface area contributed by atoms with Crippen LogP contribution in [0.3, 0.4) is 0 Å². The Hall–Kier alpha value is -0.970. The van der Waals surface area contributed by atoms with E-state index in [9.17, 15) is 8.78 Å². The van der Waals surface area contributed by atoms with Crippen molar-refractivity contribution in [2.75, 3.05) is 13.1 Å². The lowest BCUT2D eigenvalue weighted by Crippen LogP contribution is -2.47. The first-order valence-electron chi connectivity index (χ1n) is 5.16. The standard InChI is InChI=1S/C10H15F2N3/c1-8-2-5-15(7-10(8,11)12)6-9-13-3-4-14-9/h3-4,8H,2,5-7H2,1H3,(H,13,14)/t8-/m0/s1. The molecule has 0 radical (unpaired) electrons. The second kappa shape index (κ2) is 3.89. The van der Waals surface area contributed by atoms with Crippen LogP contribution in [0.15, 0.2) is 12.4 Å². The fourth-order valence-electron chi connectivity index (χ4n) is 1.85. The summed E-state index contributed by atoms with van der Waals surface area (Å²) in [6, 6.07) is 0. The minimum Gasteiger partial charge on any atom is -0.348 e. The summed E-state index contributed by atoms with van der Waals surface area (Å²) >= 11 is 0. The summed E-state index contributed by atoms with van der Waals surface area (Å²) in [6.45, 7) is 2.66. The molecule has 2 rings (SSSR count). The highest BCUT2D eigenvalue weighted by molar-refractivity contribution is 4.90. The summed E-state index contributed by atoms with van der Waals surface area (Å²) in [7, 11) is 0. The van der Waals surface area contributed by atoms with E-state index in [1.165, 1.54) is 0 Å². The van der Waals surface area contributed by atoms with Crippen LogP contribution in [0.5, 0.6) is 0 Å². The van der Waals surface area contributed by atoms with E-state index >= 15 is 0 Å². The van der Waals surface area contributed by atoms with Gasteiger partial charge in [-0.3, -0.25) is 4.90 Å². The average Bonchev–Trinajstić information content (AvgIpc) is 2.63. The maximum atomic E-state index is 13.4. The molecule has 0 amide bonds. The number of alkyl halides is 2. The number of H-pyrrole nitrogens is 1. The molecule has 84 valence electrons. The van der Waals surface area contributed by atoms with Crippen LogP contribution in [-0.4, -0.2) is 33.9 Å². The van der Waals surface area contributed by atoms with E-state index in [0.29, 0.717) is 13.0 Å². The van der Waals surface area contributed by atoms with E-state index in [1.54, 1.807) is 24.2 Å². The number of likely N-dealkylation sites (tertiary alicyclic amines) is 1. The van der Waals surface area contributed by atoms with Gasteiger partial charge < -0.3 is 4.98 Å². The molecule has 1 aliphatic rings. The lowest BCUT2D eigenvalue weighted by molar-refractivity contribution is -0.106. The van der Waals surface area contributed by atoms with Crippen molar-refractivity contribution in [1.29, 1.82) is 0 Å². The number of piperidine rings is 1. The number of aromatic nitrogens is 2. The minimum atomic E-state index is -2.56. The number of rotatable bonds is 2. The lowest BCUT2D eigenvalue weighted by Gasteiger charge is -2.36. The highest BCUT2D eigenvalue weighted by Gasteiger charge is 2.41. The van der Waals surface area contributed by atoms with Gasteiger partial charge in [-0.15, -0.1) is 0 Å². The van der Waals surface area contributed by atoms with Crippen molar-refractivity contribution in [2.24, 2.45) is 5.92 Å². The van der Waals surface area contributed by atoms with Gasteiger partial charge in [-0.1, -0.05) is 6.92 Å². The summed E-state index contributed by atoms with van der Waals surface area (Å²) in [5.41, 5.74) is 0. The Morgan fingerprint density at radius 3 is 3.07 bits per heavy atom. The molecule has 1 N–H and O–H groups in total. The number of nitrogens with one attached hydrogen (secondary N) is 1. The van der Waals surface area contributed by atoms with Crippen molar-refractivity contribution in [3.8, 4) is 0 Å². The first-order chi connectivity index (χ1) is 7.08. The van der Waals surface area contributed by atoms with Gasteiger partial charge in [0.1, 0.15) is 5.82 Å². The molecule has 3 nitrogen and oxygen atoms in total. The van der Waals surface area contributed by atoms with Gasteiger partial charge in [-0.25, -0.2) is 13.8 Å². The van der Waals surface area contributed by atoms with Gasteiger partial charge in [0.25, 0.3) is 5.92 Å². The molecule has 1 fully saturated rings. The Kier molecular flexibility index (Phi) is 2.73. The molecule has 1 saturated heterocycles. The molecule has 1 atom stereocenters. The van der Waals surface area contributed by atoms with Crippen molar-refractivity contribution in [2.45, 2.75) is 25.8 Å². The number of imidazole rings is 1. The molecule has 0 saturated carbocycles. The highest BCUT2D eigenvalue weighted by atomic mass is 19.3. The zero-order valence-electron chi connectivity index (χ0n) is 8.71. The molecule has 2 heterocycles. The highest BCUT2D eigenvalue weighted by Crippen LogP contribution is 2.32. The summed E-state index contributed by atoms with van der Waals surface area (Å²) < 4.78 is 26.8. The van der Waals surface area contributed by atoms with Crippen molar-refractivity contribution in [3.05, 3.63) is 18.2 Å². The van der Waals surface area contributed by atoms with Crippen molar-refractivity contribution < 1.29 is 8.78 Å². The molecule has 0 aromatic carbocycles. The van der Waals surface area contributed by atoms with Gasteiger partial charge in [0, 0.05) is 18.3 Å². The number of hydrogen-bond acceptors (Lipinski definition) is 2. The van der Waals surface area contributed by atoms with Gasteiger partial charge in [-0.2, -0.15) is 0 Å². The monoisotopic (exact) mass is 215 g/mol. The van der Waals surface area contributed by atoms with Crippen molar-refractivity contribution in [3.63, 3.8) is 0 Å². The second-order valence-corrected chi connectivity index (χ2v) is 4.20. The summed E-state index contributed by atoms with van der Waals surface area (Å²) in [6.07, 6.45) is 3.90. The van der Waals surface area contributed by atoms with E-state index in [4.69, 9.17) is 0 Å². The van der Waals surface area contributed by atoms with Crippen LogP contribution in [0, 0.1) is 5.92 Å². The Bertz CT molecular complexity index is 310. The van der Waals surface area contributed by atoms with Crippen LogP contribution in [0.25, 0.3) is 0 Å². The SMILES string of the molecule is C[C@H]1CCN(Cc2ncc[nH]2)CC1(F)F. The zero-order valence-corrected chi connectivity index (χ0v) is 8.71. The van der Waals surface area contributed by atoms with E-state index in [2.05, 4.69) is 9.97 Å². The number of hydrogen-bond donors (Lipinski definition) is 1. The van der Waals surface area contributed by atoms with Gasteiger partial charge in [0.2, 0.25) is 0 Å². The van der Waals surface area contributed by atoms with Gasteiger partial charge in [0.15, 0.2) is 0 Å². The van der Waals surface area contributed by atoms with E-state index in [0.717, 1.165) is 12.4 Å². The smallest absolute Gasteiger partial charge is 0.263 e. The van der Waals surface area contributed by atoms with E-state index in [1.807, 2.05) is 0 Å². The van der Waals surface area contributed by atoms with Crippen LogP contribution in [-0.2, 0) is 6.54 Å². The molecule has 1 aliphatic heterocycles. The largest absolute Gasteiger partial charge is 0.348 e. The topological polar surface area (TPSA) is 31.9 Å². The van der Waals surface area contributed by atoms with Gasteiger partial charge in [0.05, 0.1) is 13.1 Å². The quantitative estimate of drug-likeness (QED) is 0.817. The lowest BCUT2D eigenvalue weighted by atomic mass is 9.95. The molecule has 0 spiro atoms. The Morgan fingerprint density at radius 1 is 1.67 bits per heavy atom. The molecular formula is C10H15F2N3. The predicted octanol–water partition coefficient (Wildman–Crippen LogP) is 1.89. The molecular weight excluding hydrogens is 200 g/mol. The zero-order chi connectivity index (χ0) is 10.9. The third kappa shape index (κ3) is 2.34. The van der Waals surface area contributed by atoms with Crippen LogP contribution >= 0.6 is 0 Å². The third-order valence-corrected chi connectivity index (χ3v) is 2.96. The summed E-state index contributed by atoms with van der Waals surface area (Å²) in [5.74, 6) is -2.32. The normalized spacial score (nSPS) is 26.7. The van der Waals surface area contributed by atoms with Gasteiger partial charge >= 0.3 is 0 Å². The fraction of sp³-hybridized carbons (Fsp3) is 0.700. The maximum Gasteiger partial charge on any atom is 0.263 e. The van der Waals surface area contributed by atoms with Crippen molar-refractivity contribution >= 4 is 0 Å². The molecule has 0 aliphatic carbocycles. The second-order valence-electron chi connectivity index (χ2n) is 4.20. The molecule has 0 unspecified atom stereocenters. The predicted molar refractivity (Wildman–Crippen MR) is 52.6 cm³/mol. The third-order valence-electron chi connectivity index (χ3n) is 2.96. The molecule has 0 bridgehead atoms. The first-order valence-corrected chi connectivity index (χ1v) is 5.16. The maximum absolute atomic E-state index is 13.4. The molecule has 1 aromatic heterocycles. The fourth-order valence-corrected chi connectivity index (χ4v) is 1.85. The average molecular weight is 215 g/mol. The Morgan fingerprint density at radius 2 is 2.47 bits per heavy atom. The van der Waals surface area contributed by atoms with E-state index in [-0.39, 0.29) is 6.54 Å².